The molecule has 170 valence electrons. The molecule has 0 radical (unpaired) electrons. The predicted molar refractivity (Wildman–Crippen MR) is 136 cm³/mol. The average molecular weight is 431 g/mol. The Morgan fingerprint density at radius 2 is 1.59 bits per heavy atom. The third kappa shape index (κ3) is 5.07. The molecule has 4 heteroatoms. The number of aryl methyl sites for hydroxylation is 2. The summed E-state index contributed by atoms with van der Waals surface area (Å²) in [5.41, 5.74) is 7.84. The molecule has 1 aliphatic heterocycles. The van der Waals surface area contributed by atoms with Gasteiger partial charge in [-0.3, -0.25) is 9.58 Å². The van der Waals surface area contributed by atoms with Gasteiger partial charge in [0.15, 0.2) is 0 Å². The van der Waals surface area contributed by atoms with Crippen LogP contribution in [0.3, 0.4) is 0 Å². The molecule has 2 aromatic carbocycles. The first-order valence-corrected chi connectivity index (χ1v) is 12.0. The molecule has 0 saturated carbocycles. The molecule has 0 unspecified atom stereocenters. The van der Waals surface area contributed by atoms with Crippen LogP contribution < -0.4 is 4.90 Å². The molecular weight excluding hydrogens is 392 g/mol. The van der Waals surface area contributed by atoms with E-state index in [1.807, 2.05) is 0 Å². The molecule has 3 aromatic rings. The Bertz CT molecular complexity index is 1020. The van der Waals surface area contributed by atoms with Crippen LogP contribution in [-0.2, 0) is 12.0 Å². The number of benzene rings is 2. The third-order valence-corrected chi connectivity index (χ3v) is 6.66. The van der Waals surface area contributed by atoms with Gasteiger partial charge in [0, 0.05) is 31.9 Å². The summed E-state index contributed by atoms with van der Waals surface area (Å²) >= 11 is 0. The Balaban J connectivity index is 1.33. The lowest BCUT2D eigenvalue weighted by Crippen LogP contribution is -2.47. The van der Waals surface area contributed by atoms with Crippen molar-refractivity contribution in [2.45, 2.75) is 53.0 Å². The fourth-order valence-corrected chi connectivity index (χ4v) is 4.65. The summed E-state index contributed by atoms with van der Waals surface area (Å²) in [7, 11) is 0. The molecule has 0 atom stereocenters. The second-order valence-electron chi connectivity index (χ2n) is 10.1. The predicted octanol–water partition coefficient (Wildman–Crippen LogP) is 5.68. The Morgan fingerprint density at radius 3 is 2.28 bits per heavy atom. The highest BCUT2D eigenvalue weighted by atomic mass is 15.3. The summed E-state index contributed by atoms with van der Waals surface area (Å²) in [5, 5.41) is 5.00. The van der Waals surface area contributed by atoms with Gasteiger partial charge in [-0.25, -0.2) is 0 Å². The van der Waals surface area contributed by atoms with Crippen LogP contribution in [0.2, 0.25) is 0 Å². The number of aromatic nitrogens is 2. The van der Waals surface area contributed by atoms with E-state index in [0.29, 0.717) is 0 Å². The Morgan fingerprint density at radius 1 is 0.875 bits per heavy atom. The van der Waals surface area contributed by atoms with Gasteiger partial charge in [0.05, 0.1) is 16.9 Å². The lowest BCUT2D eigenvalue weighted by Gasteiger charge is -2.37. The summed E-state index contributed by atoms with van der Waals surface area (Å²) in [6.07, 6.45) is 2.18. The van der Waals surface area contributed by atoms with Gasteiger partial charge in [-0.1, -0.05) is 42.5 Å². The highest BCUT2D eigenvalue weighted by Crippen LogP contribution is 2.27. The fourth-order valence-electron chi connectivity index (χ4n) is 4.65. The minimum Gasteiger partial charge on any atom is -0.369 e. The molecular formula is C28H38N4. The molecule has 0 spiro atoms. The molecule has 0 amide bonds. The van der Waals surface area contributed by atoms with Gasteiger partial charge in [0.1, 0.15) is 0 Å². The average Bonchev–Trinajstić information content (AvgIpc) is 3.22. The zero-order valence-corrected chi connectivity index (χ0v) is 20.4. The van der Waals surface area contributed by atoms with E-state index in [-0.39, 0.29) is 5.54 Å². The minimum atomic E-state index is -0.0341. The highest BCUT2D eigenvalue weighted by Gasteiger charge is 2.21. The van der Waals surface area contributed by atoms with Crippen molar-refractivity contribution in [3.8, 4) is 11.3 Å². The number of nitrogens with zero attached hydrogens (tertiary/aromatic N) is 4. The first-order chi connectivity index (χ1) is 15.3. The SMILES string of the molecule is Cc1cccc(N2CCN(CCCc3cc(-c4ccccc4)n(C(C)(C)C)n3)CC2)c1C. The van der Waals surface area contributed by atoms with Crippen molar-refractivity contribution in [1.82, 2.24) is 14.7 Å². The van der Waals surface area contributed by atoms with E-state index in [4.69, 9.17) is 5.10 Å². The van der Waals surface area contributed by atoms with E-state index in [0.717, 1.165) is 45.6 Å². The number of piperazine rings is 1. The molecule has 1 aliphatic rings. The van der Waals surface area contributed by atoms with Gasteiger partial charge < -0.3 is 4.90 Å². The number of anilines is 1. The Kier molecular flexibility index (Phi) is 6.71. The molecule has 0 bridgehead atoms. The van der Waals surface area contributed by atoms with Gasteiger partial charge in [-0.05, 0) is 82.8 Å². The first kappa shape index (κ1) is 22.6. The zero-order valence-electron chi connectivity index (χ0n) is 20.4. The quantitative estimate of drug-likeness (QED) is 0.503. The largest absolute Gasteiger partial charge is 0.369 e. The Labute approximate surface area is 193 Å². The first-order valence-electron chi connectivity index (χ1n) is 12.0. The van der Waals surface area contributed by atoms with Gasteiger partial charge in [0.2, 0.25) is 0 Å². The van der Waals surface area contributed by atoms with Gasteiger partial charge in [-0.15, -0.1) is 0 Å². The smallest absolute Gasteiger partial charge is 0.0691 e. The fraction of sp³-hybridized carbons (Fsp3) is 0.464. The van der Waals surface area contributed by atoms with Crippen molar-refractivity contribution in [2.75, 3.05) is 37.6 Å². The molecule has 0 N–H and O–H groups in total. The summed E-state index contributed by atoms with van der Waals surface area (Å²) in [6.45, 7) is 16.8. The molecule has 0 aliphatic carbocycles. The van der Waals surface area contributed by atoms with Gasteiger partial charge >= 0.3 is 0 Å². The molecule has 4 nitrogen and oxygen atoms in total. The lowest BCUT2D eigenvalue weighted by atomic mass is 10.1. The van der Waals surface area contributed by atoms with Crippen LogP contribution in [0.25, 0.3) is 11.3 Å². The third-order valence-electron chi connectivity index (χ3n) is 6.66. The van der Waals surface area contributed by atoms with E-state index < -0.39 is 0 Å². The zero-order chi connectivity index (χ0) is 22.7. The maximum atomic E-state index is 5.00. The molecule has 32 heavy (non-hydrogen) atoms. The van der Waals surface area contributed by atoms with Gasteiger partial charge in [0.25, 0.3) is 0 Å². The van der Waals surface area contributed by atoms with Crippen molar-refractivity contribution in [3.63, 3.8) is 0 Å². The second-order valence-corrected chi connectivity index (χ2v) is 10.1. The monoisotopic (exact) mass is 430 g/mol. The lowest BCUT2D eigenvalue weighted by molar-refractivity contribution is 0.254. The van der Waals surface area contributed by atoms with E-state index >= 15 is 0 Å². The Hall–Kier alpha value is -2.59. The van der Waals surface area contributed by atoms with E-state index in [9.17, 15) is 0 Å². The maximum Gasteiger partial charge on any atom is 0.0691 e. The summed E-state index contributed by atoms with van der Waals surface area (Å²) < 4.78 is 2.20. The number of hydrogen-bond acceptors (Lipinski definition) is 3. The van der Waals surface area contributed by atoms with Crippen LogP contribution in [-0.4, -0.2) is 47.4 Å². The topological polar surface area (TPSA) is 24.3 Å². The van der Waals surface area contributed by atoms with Crippen molar-refractivity contribution in [3.05, 3.63) is 71.4 Å². The standard InChI is InChI=1S/C28H38N4/c1-22-11-9-15-26(23(22)2)31-19-17-30(18-20-31)16-10-14-25-21-27(24-12-7-6-8-13-24)32(29-25)28(3,4)5/h6-9,11-13,15,21H,10,14,16-20H2,1-5H3. The van der Waals surface area contributed by atoms with Crippen LogP contribution in [0.15, 0.2) is 54.6 Å². The summed E-state index contributed by atoms with van der Waals surface area (Å²) in [4.78, 5) is 5.16. The summed E-state index contributed by atoms with van der Waals surface area (Å²) in [5.74, 6) is 0. The number of rotatable bonds is 6. The van der Waals surface area contributed by atoms with E-state index in [1.54, 1.807) is 0 Å². The molecule has 2 heterocycles. The molecule has 1 saturated heterocycles. The van der Waals surface area contributed by atoms with Gasteiger partial charge in [-0.2, -0.15) is 5.10 Å². The van der Waals surface area contributed by atoms with Crippen LogP contribution in [0.1, 0.15) is 44.0 Å². The second kappa shape index (κ2) is 9.50. The van der Waals surface area contributed by atoms with Crippen molar-refractivity contribution in [1.29, 1.82) is 0 Å². The van der Waals surface area contributed by atoms with E-state index in [1.165, 1.54) is 33.8 Å². The van der Waals surface area contributed by atoms with Crippen molar-refractivity contribution < 1.29 is 0 Å². The normalized spacial score (nSPS) is 15.3. The minimum absolute atomic E-state index is 0.0341. The van der Waals surface area contributed by atoms with Crippen LogP contribution in [0, 0.1) is 13.8 Å². The molecule has 4 rings (SSSR count). The highest BCUT2D eigenvalue weighted by molar-refractivity contribution is 5.60. The maximum absolute atomic E-state index is 5.00. The summed E-state index contributed by atoms with van der Waals surface area (Å²) in [6, 6.07) is 19.6. The van der Waals surface area contributed by atoms with Crippen LogP contribution in [0.4, 0.5) is 5.69 Å². The molecule has 1 aromatic heterocycles. The van der Waals surface area contributed by atoms with Crippen molar-refractivity contribution in [2.24, 2.45) is 0 Å². The molecule has 1 fully saturated rings. The van der Waals surface area contributed by atoms with Crippen molar-refractivity contribution >= 4 is 5.69 Å². The van der Waals surface area contributed by atoms with Crippen LogP contribution in [0.5, 0.6) is 0 Å². The number of hydrogen-bond donors (Lipinski definition) is 0. The van der Waals surface area contributed by atoms with Crippen LogP contribution >= 0.6 is 0 Å². The van der Waals surface area contributed by atoms with E-state index in [2.05, 4.69) is 104 Å².